The van der Waals surface area contributed by atoms with Gasteiger partial charge in [0.15, 0.2) is 0 Å². The molecule has 31 heavy (non-hydrogen) atoms. The number of nitrogens with zero attached hydrogens (tertiary/aromatic N) is 2. The van der Waals surface area contributed by atoms with Crippen LogP contribution in [0.25, 0.3) is 10.9 Å². The molecule has 0 saturated heterocycles. The van der Waals surface area contributed by atoms with Gasteiger partial charge in [-0.15, -0.1) is 0 Å². The van der Waals surface area contributed by atoms with E-state index in [9.17, 15) is 9.59 Å². The van der Waals surface area contributed by atoms with Gasteiger partial charge in [0.2, 0.25) is 5.91 Å². The molecular weight excluding hydrogens is 398 g/mol. The number of hydroxylamine groups is 1. The van der Waals surface area contributed by atoms with Crippen LogP contribution in [0.1, 0.15) is 36.0 Å². The summed E-state index contributed by atoms with van der Waals surface area (Å²) in [6, 6.07) is 12.8. The molecule has 162 valence electrons. The summed E-state index contributed by atoms with van der Waals surface area (Å²) < 4.78 is 5.17. The Morgan fingerprint density at radius 1 is 1.03 bits per heavy atom. The summed E-state index contributed by atoms with van der Waals surface area (Å²) in [5.74, 6) is 0.833. The molecule has 1 aromatic heterocycles. The van der Waals surface area contributed by atoms with E-state index in [0.29, 0.717) is 29.9 Å². The minimum absolute atomic E-state index is 0.182. The standard InChI is InChI=1S/C22H25N5O4/c1-31-17-9-7-16(8-10-17)26-21-18-11-6-15(13-19(18)24-14-25-21)22(29)23-12-4-2-3-5-20(28)27-30/h6-11,13-14,30H,2-5,12H2,1H3,(H,23,29)(H,27,28)(H,24,25,26). The molecule has 0 aliphatic carbocycles. The van der Waals surface area contributed by atoms with Gasteiger partial charge < -0.3 is 15.4 Å². The van der Waals surface area contributed by atoms with Gasteiger partial charge in [-0.25, -0.2) is 15.4 Å². The molecular formula is C22H25N5O4. The zero-order valence-electron chi connectivity index (χ0n) is 17.2. The average molecular weight is 423 g/mol. The van der Waals surface area contributed by atoms with E-state index in [1.807, 2.05) is 30.3 Å². The first kappa shape index (κ1) is 22.0. The zero-order chi connectivity index (χ0) is 22.1. The second kappa shape index (κ2) is 10.9. The number of nitrogens with one attached hydrogen (secondary N) is 3. The minimum Gasteiger partial charge on any atom is -0.497 e. The second-order valence-electron chi connectivity index (χ2n) is 6.91. The van der Waals surface area contributed by atoms with Crippen LogP contribution in [0, 0.1) is 0 Å². The van der Waals surface area contributed by atoms with Gasteiger partial charge in [-0.3, -0.25) is 14.8 Å². The fraction of sp³-hybridized carbons (Fsp3) is 0.273. The molecule has 0 atom stereocenters. The number of hydrogen-bond acceptors (Lipinski definition) is 7. The second-order valence-corrected chi connectivity index (χ2v) is 6.91. The van der Waals surface area contributed by atoms with Gasteiger partial charge in [0, 0.05) is 29.6 Å². The highest BCUT2D eigenvalue weighted by molar-refractivity contribution is 6.00. The Hall–Kier alpha value is -3.72. The maximum absolute atomic E-state index is 12.4. The lowest BCUT2D eigenvalue weighted by Gasteiger charge is -2.10. The van der Waals surface area contributed by atoms with Crippen molar-refractivity contribution in [2.24, 2.45) is 0 Å². The summed E-state index contributed by atoms with van der Waals surface area (Å²) in [5, 5.41) is 15.4. The summed E-state index contributed by atoms with van der Waals surface area (Å²) in [6.45, 7) is 0.506. The summed E-state index contributed by atoms with van der Waals surface area (Å²) in [4.78, 5) is 32.0. The van der Waals surface area contributed by atoms with E-state index in [-0.39, 0.29) is 12.3 Å². The molecule has 9 nitrogen and oxygen atoms in total. The normalized spacial score (nSPS) is 10.5. The van der Waals surface area contributed by atoms with Gasteiger partial charge in [-0.1, -0.05) is 6.42 Å². The van der Waals surface area contributed by atoms with E-state index in [1.54, 1.807) is 24.7 Å². The minimum atomic E-state index is -0.400. The highest BCUT2D eigenvalue weighted by Gasteiger charge is 2.10. The molecule has 0 unspecified atom stereocenters. The number of unbranched alkanes of at least 4 members (excludes halogenated alkanes) is 2. The largest absolute Gasteiger partial charge is 0.497 e. The first-order chi connectivity index (χ1) is 15.1. The van der Waals surface area contributed by atoms with Crippen LogP contribution in [0.15, 0.2) is 48.8 Å². The third kappa shape index (κ3) is 6.13. The number of rotatable bonds is 10. The smallest absolute Gasteiger partial charge is 0.251 e. The Bertz CT molecular complexity index is 1040. The fourth-order valence-electron chi connectivity index (χ4n) is 3.06. The summed E-state index contributed by atoms with van der Waals surface area (Å²) in [5.41, 5.74) is 3.64. The maximum Gasteiger partial charge on any atom is 0.251 e. The predicted molar refractivity (Wildman–Crippen MR) is 117 cm³/mol. The van der Waals surface area contributed by atoms with Gasteiger partial charge in [0.1, 0.15) is 17.9 Å². The van der Waals surface area contributed by atoms with Crippen LogP contribution in [0.5, 0.6) is 5.75 Å². The van der Waals surface area contributed by atoms with Gasteiger partial charge >= 0.3 is 0 Å². The predicted octanol–water partition coefficient (Wildman–Crippen LogP) is 3.18. The number of methoxy groups -OCH3 is 1. The summed E-state index contributed by atoms with van der Waals surface area (Å²) >= 11 is 0. The maximum atomic E-state index is 12.4. The van der Waals surface area contributed by atoms with Crippen LogP contribution in [-0.4, -0.2) is 40.6 Å². The fourth-order valence-corrected chi connectivity index (χ4v) is 3.06. The molecule has 0 aliphatic rings. The van der Waals surface area contributed by atoms with Crippen LogP contribution in [-0.2, 0) is 4.79 Å². The van der Waals surface area contributed by atoms with Gasteiger partial charge in [-0.05, 0) is 55.3 Å². The first-order valence-electron chi connectivity index (χ1n) is 9.97. The Kier molecular flexibility index (Phi) is 7.72. The quantitative estimate of drug-likeness (QED) is 0.224. The lowest BCUT2D eigenvalue weighted by molar-refractivity contribution is -0.129. The van der Waals surface area contributed by atoms with Crippen molar-refractivity contribution in [3.8, 4) is 5.75 Å². The van der Waals surface area contributed by atoms with E-state index in [4.69, 9.17) is 9.94 Å². The molecule has 2 amide bonds. The third-order valence-corrected chi connectivity index (χ3v) is 4.74. The van der Waals surface area contributed by atoms with Crippen molar-refractivity contribution in [1.82, 2.24) is 20.8 Å². The highest BCUT2D eigenvalue weighted by atomic mass is 16.5. The molecule has 1 heterocycles. The van der Waals surface area contributed by atoms with E-state index >= 15 is 0 Å². The van der Waals surface area contributed by atoms with Crippen LogP contribution in [0.4, 0.5) is 11.5 Å². The van der Waals surface area contributed by atoms with Gasteiger partial charge in [0.25, 0.3) is 5.91 Å². The van der Waals surface area contributed by atoms with Crippen LogP contribution < -0.4 is 20.9 Å². The molecule has 0 aliphatic heterocycles. The number of hydrogen-bond donors (Lipinski definition) is 4. The topological polar surface area (TPSA) is 125 Å². The van der Waals surface area contributed by atoms with Crippen molar-refractivity contribution >= 4 is 34.2 Å². The molecule has 3 aromatic rings. The van der Waals surface area contributed by atoms with E-state index in [1.165, 1.54) is 6.33 Å². The molecule has 0 fully saturated rings. The van der Waals surface area contributed by atoms with E-state index < -0.39 is 5.91 Å². The number of fused-ring (bicyclic) bond motifs is 1. The molecule has 0 saturated carbocycles. The molecule has 0 spiro atoms. The monoisotopic (exact) mass is 423 g/mol. The van der Waals surface area contributed by atoms with Crippen LogP contribution >= 0.6 is 0 Å². The number of ether oxygens (including phenoxy) is 1. The van der Waals surface area contributed by atoms with Crippen molar-refractivity contribution in [3.05, 3.63) is 54.4 Å². The van der Waals surface area contributed by atoms with E-state index in [2.05, 4.69) is 20.6 Å². The Labute approximate surface area is 179 Å². The Morgan fingerprint density at radius 3 is 2.58 bits per heavy atom. The van der Waals surface area contributed by atoms with Crippen molar-refractivity contribution in [2.75, 3.05) is 19.0 Å². The summed E-state index contributed by atoms with van der Waals surface area (Å²) in [7, 11) is 1.62. The van der Waals surface area contributed by atoms with E-state index in [0.717, 1.165) is 29.7 Å². The molecule has 4 N–H and O–H groups in total. The molecule has 0 radical (unpaired) electrons. The van der Waals surface area contributed by atoms with Crippen molar-refractivity contribution in [1.29, 1.82) is 0 Å². The Balaban J connectivity index is 1.59. The Morgan fingerprint density at radius 2 is 1.84 bits per heavy atom. The number of carbonyl (C=O) groups is 2. The zero-order valence-corrected chi connectivity index (χ0v) is 17.2. The van der Waals surface area contributed by atoms with Crippen LogP contribution in [0.3, 0.4) is 0 Å². The number of anilines is 2. The van der Waals surface area contributed by atoms with Gasteiger partial charge in [-0.2, -0.15) is 0 Å². The molecule has 0 bridgehead atoms. The number of benzene rings is 2. The number of amides is 2. The van der Waals surface area contributed by atoms with Gasteiger partial charge in [0.05, 0.1) is 12.6 Å². The lowest BCUT2D eigenvalue weighted by Crippen LogP contribution is -2.24. The molecule has 9 heteroatoms. The number of carbonyl (C=O) groups excluding carboxylic acids is 2. The highest BCUT2D eigenvalue weighted by Crippen LogP contribution is 2.25. The van der Waals surface area contributed by atoms with Crippen molar-refractivity contribution < 1.29 is 19.5 Å². The van der Waals surface area contributed by atoms with Crippen molar-refractivity contribution in [2.45, 2.75) is 25.7 Å². The van der Waals surface area contributed by atoms with Crippen molar-refractivity contribution in [3.63, 3.8) is 0 Å². The summed E-state index contributed by atoms with van der Waals surface area (Å²) in [6.07, 6.45) is 3.90. The SMILES string of the molecule is COc1ccc(Nc2ncnc3cc(C(=O)NCCCCCC(=O)NO)ccc23)cc1. The average Bonchev–Trinajstić information content (AvgIpc) is 2.81. The first-order valence-corrected chi connectivity index (χ1v) is 9.97. The third-order valence-electron chi connectivity index (χ3n) is 4.74. The lowest BCUT2D eigenvalue weighted by atomic mass is 10.1. The van der Waals surface area contributed by atoms with Crippen LogP contribution in [0.2, 0.25) is 0 Å². The number of aromatic nitrogens is 2. The molecule has 2 aromatic carbocycles. The molecule has 3 rings (SSSR count).